The highest BCUT2D eigenvalue weighted by atomic mass is 35.5. The number of hydrogen-bond acceptors (Lipinski definition) is 4. The molecule has 0 saturated carbocycles. The zero-order valence-electron chi connectivity index (χ0n) is 11.6. The molecule has 0 fully saturated rings. The van der Waals surface area contributed by atoms with Crippen LogP contribution in [0.25, 0.3) is 0 Å². The van der Waals surface area contributed by atoms with Crippen molar-refractivity contribution in [3.8, 4) is 11.6 Å². The first kappa shape index (κ1) is 14.8. The number of nitrogens with one attached hydrogen (secondary N) is 1. The van der Waals surface area contributed by atoms with Crippen LogP contribution in [0, 0.1) is 5.92 Å². The van der Waals surface area contributed by atoms with Crippen LogP contribution < -0.4 is 10.1 Å². The van der Waals surface area contributed by atoms with E-state index in [0.717, 1.165) is 12.2 Å². The molecule has 1 aromatic carbocycles. The summed E-state index contributed by atoms with van der Waals surface area (Å²) >= 11 is 6.02. The van der Waals surface area contributed by atoms with E-state index in [1.807, 2.05) is 12.1 Å². The van der Waals surface area contributed by atoms with Gasteiger partial charge in [0.15, 0.2) is 0 Å². The van der Waals surface area contributed by atoms with E-state index < -0.39 is 0 Å². The molecule has 1 heterocycles. The molecule has 5 heteroatoms. The maximum absolute atomic E-state index is 6.02. The quantitative estimate of drug-likeness (QED) is 0.882. The predicted octanol–water partition coefficient (Wildman–Crippen LogP) is 3.67. The minimum absolute atomic E-state index is 0.436. The number of ether oxygens (including phenoxy) is 1. The Morgan fingerprint density at radius 2 is 2.00 bits per heavy atom. The van der Waals surface area contributed by atoms with Gasteiger partial charge in [0.25, 0.3) is 0 Å². The Labute approximate surface area is 124 Å². The van der Waals surface area contributed by atoms with Crippen LogP contribution in [0.3, 0.4) is 0 Å². The maximum atomic E-state index is 6.02. The monoisotopic (exact) mass is 291 g/mol. The van der Waals surface area contributed by atoms with Crippen LogP contribution in [0.4, 0.5) is 0 Å². The number of aromatic nitrogens is 2. The summed E-state index contributed by atoms with van der Waals surface area (Å²) in [7, 11) is 0. The number of hydrogen-bond donors (Lipinski definition) is 1. The summed E-state index contributed by atoms with van der Waals surface area (Å²) < 4.78 is 5.58. The molecule has 0 atom stereocenters. The number of benzene rings is 1. The molecule has 0 unspecified atom stereocenters. The van der Waals surface area contributed by atoms with Crippen LogP contribution in [-0.2, 0) is 6.54 Å². The third-order valence-electron chi connectivity index (χ3n) is 2.59. The van der Waals surface area contributed by atoms with Gasteiger partial charge in [0.1, 0.15) is 5.75 Å². The Morgan fingerprint density at radius 3 is 2.65 bits per heavy atom. The average Bonchev–Trinajstić information content (AvgIpc) is 2.43. The van der Waals surface area contributed by atoms with E-state index in [9.17, 15) is 0 Å². The van der Waals surface area contributed by atoms with Crippen molar-refractivity contribution in [1.29, 1.82) is 0 Å². The van der Waals surface area contributed by atoms with Crippen molar-refractivity contribution >= 4 is 11.6 Å². The molecule has 0 aliphatic heterocycles. The van der Waals surface area contributed by atoms with E-state index in [1.54, 1.807) is 24.5 Å². The molecule has 0 spiro atoms. The van der Waals surface area contributed by atoms with Gasteiger partial charge >= 0.3 is 0 Å². The fourth-order valence-corrected chi connectivity index (χ4v) is 1.79. The van der Waals surface area contributed by atoms with Crippen LogP contribution in [-0.4, -0.2) is 16.5 Å². The second-order valence-corrected chi connectivity index (χ2v) is 5.31. The zero-order chi connectivity index (χ0) is 14.4. The highest BCUT2D eigenvalue weighted by Gasteiger charge is 2.04. The number of nitrogens with zero attached hydrogens (tertiary/aromatic N) is 2. The highest BCUT2D eigenvalue weighted by Crippen LogP contribution is 2.27. The lowest BCUT2D eigenvalue weighted by molar-refractivity contribution is 0.458. The smallest absolute Gasteiger partial charge is 0.237 e. The molecule has 20 heavy (non-hydrogen) atoms. The first-order valence-electron chi connectivity index (χ1n) is 6.59. The molecule has 0 saturated heterocycles. The van der Waals surface area contributed by atoms with Crippen LogP contribution in [0.2, 0.25) is 5.02 Å². The van der Waals surface area contributed by atoms with Crippen LogP contribution in [0.5, 0.6) is 11.6 Å². The summed E-state index contributed by atoms with van der Waals surface area (Å²) in [5.74, 6) is 1.63. The molecule has 106 valence electrons. The van der Waals surface area contributed by atoms with Crippen molar-refractivity contribution in [2.75, 3.05) is 6.54 Å². The second-order valence-electron chi connectivity index (χ2n) is 4.90. The van der Waals surface area contributed by atoms with Crippen LogP contribution in [0.15, 0.2) is 36.7 Å². The molecule has 0 radical (unpaired) electrons. The van der Waals surface area contributed by atoms with E-state index in [-0.39, 0.29) is 0 Å². The summed E-state index contributed by atoms with van der Waals surface area (Å²) in [5.41, 5.74) is 0.886. The van der Waals surface area contributed by atoms with Gasteiger partial charge in [-0.15, -0.1) is 0 Å². The van der Waals surface area contributed by atoms with Crippen molar-refractivity contribution in [3.63, 3.8) is 0 Å². The second kappa shape index (κ2) is 7.22. The van der Waals surface area contributed by atoms with E-state index in [0.29, 0.717) is 29.1 Å². The lowest BCUT2D eigenvalue weighted by Gasteiger charge is -2.08. The summed E-state index contributed by atoms with van der Waals surface area (Å²) in [6.45, 7) is 6.00. The minimum Gasteiger partial charge on any atom is -0.436 e. The van der Waals surface area contributed by atoms with E-state index in [1.165, 1.54) is 0 Å². The van der Waals surface area contributed by atoms with Gasteiger partial charge in [0.05, 0.1) is 23.1 Å². The fraction of sp³-hybridized carbons (Fsp3) is 0.333. The Balaban J connectivity index is 1.93. The first-order chi connectivity index (χ1) is 9.65. The Hall–Kier alpha value is -1.65. The van der Waals surface area contributed by atoms with Gasteiger partial charge in [-0.2, -0.15) is 0 Å². The van der Waals surface area contributed by atoms with Crippen LogP contribution in [0.1, 0.15) is 19.5 Å². The lowest BCUT2D eigenvalue weighted by atomic mass is 10.2. The van der Waals surface area contributed by atoms with Gasteiger partial charge in [0.2, 0.25) is 5.88 Å². The number of para-hydroxylation sites is 1. The predicted molar refractivity (Wildman–Crippen MR) is 80.1 cm³/mol. The molecule has 1 N–H and O–H groups in total. The minimum atomic E-state index is 0.436. The standard InChI is InChI=1S/C15H18ClN3O/c1-11(2)7-17-8-12-9-19-15(10-18-12)20-14-6-4-3-5-13(14)16/h3-6,9-11,17H,7-8H2,1-2H3. The van der Waals surface area contributed by atoms with Gasteiger partial charge in [-0.1, -0.05) is 37.6 Å². The Bertz CT molecular complexity index is 543. The molecular weight excluding hydrogens is 274 g/mol. The van der Waals surface area contributed by atoms with Gasteiger partial charge < -0.3 is 10.1 Å². The van der Waals surface area contributed by atoms with Crippen molar-refractivity contribution in [3.05, 3.63) is 47.4 Å². The largest absolute Gasteiger partial charge is 0.436 e. The fourth-order valence-electron chi connectivity index (χ4n) is 1.62. The van der Waals surface area contributed by atoms with Gasteiger partial charge in [-0.3, -0.25) is 4.98 Å². The summed E-state index contributed by atoms with van der Waals surface area (Å²) in [6.07, 6.45) is 3.31. The van der Waals surface area contributed by atoms with Crippen molar-refractivity contribution < 1.29 is 4.74 Å². The molecule has 4 nitrogen and oxygen atoms in total. The van der Waals surface area contributed by atoms with Gasteiger partial charge in [0, 0.05) is 6.54 Å². The average molecular weight is 292 g/mol. The Morgan fingerprint density at radius 1 is 1.20 bits per heavy atom. The number of rotatable bonds is 6. The van der Waals surface area contributed by atoms with E-state index in [2.05, 4.69) is 29.1 Å². The number of halogens is 1. The molecule has 0 aliphatic carbocycles. The summed E-state index contributed by atoms with van der Waals surface area (Å²) in [4.78, 5) is 8.54. The zero-order valence-corrected chi connectivity index (χ0v) is 12.4. The third-order valence-corrected chi connectivity index (χ3v) is 2.90. The van der Waals surface area contributed by atoms with E-state index >= 15 is 0 Å². The van der Waals surface area contributed by atoms with Crippen molar-refractivity contribution in [2.45, 2.75) is 20.4 Å². The molecular formula is C15H18ClN3O. The van der Waals surface area contributed by atoms with Crippen LogP contribution >= 0.6 is 11.6 Å². The summed E-state index contributed by atoms with van der Waals surface area (Å²) in [6, 6.07) is 7.28. The topological polar surface area (TPSA) is 47.0 Å². The molecule has 0 bridgehead atoms. The first-order valence-corrected chi connectivity index (χ1v) is 6.97. The van der Waals surface area contributed by atoms with Crippen molar-refractivity contribution in [2.24, 2.45) is 5.92 Å². The SMILES string of the molecule is CC(C)CNCc1cnc(Oc2ccccc2Cl)cn1. The molecule has 2 aromatic rings. The molecule has 0 aliphatic rings. The summed E-state index contributed by atoms with van der Waals surface area (Å²) in [5, 5.41) is 3.87. The van der Waals surface area contributed by atoms with Gasteiger partial charge in [-0.25, -0.2) is 4.98 Å². The maximum Gasteiger partial charge on any atom is 0.237 e. The van der Waals surface area contributed by atoms with Gasteiger partial charge in [-0.05, 0) is 24.6 Å². The Kier molecular flexibility index (Phi) is 5.32. The van der Waals surface area contributed by atoms with Crippen molar-refractivity contribution in [1.82, 2.24) is 15.3 Å². The third kappa shape index (κ3) is 4.47. The molecule has 2 rings (SSSR count). The normalized spacial score (nSPS) is 10.8. The van der Waals surface area contributed by atoms with E-state index in [4.69, 9.17) is 16.3 Å². The lowest BCUT2D eigenvalue weighted by Crippen LogP contribution is -2.19. The highest BCUT2D eigenvalue weighted by molar-refractivity contribution is 6.32. The molecule has 1 aromatic heterocycles. The molecule has 0 amide bonds.